The van der Waals surface area contributed by atoms with E-state index in [1.54, 1.807) is 0 Å². The third kappa shape index (κ3) is 2.42. The van der Waals surface area contributed by atoms with Crippen molar-refractivity contribution >= 4 is 10.8 Å². The summed E-state index contributed by atoms with van der Waals surface area (Å²) in [5.74, 6) is 1.13. The number of nitrogens with two attached hydrogens (primary N) is 1. The molecule has 4 heteroatoms. The molecule has 0 aliphatic carbocycles. The van der Waals surface area contributed by atoms with E-state index in [2.05, 4.69) is 34.4 Å². The van der Waals surface area contributed by atoms with E-state index in [4.69, 9.17) is 10.3 Å². The van der Waals surface area contributed by atoms with Crippen LogP contribution in [0.1, 0.15) is 31.1 Å². The average Bonchev–Trinajstić information content (AvgIpc) is 2.88. The molecule has 0 amide bonds. The van der Waals surface area contributed by atoms with Gasteiger partial charge in [0.15, 0.2) is 5.82 Å². The largest absolute Gasteiger partial charge is 0.339 e. The lowest BCUT2D eigenvalue weighted by Crippen LogP contribution is -2.30. The third-order valence-electron chi connectivity index (χ3n) is 3.27. The van der Waals surface area contributed by atoms with Gasteiger partial charge >= 0.3 is 0 Å². The fourth-order valence-corrected chi connectivity index (χ4v) is 2.20. The number of hydrogen-bond donors (Lipinski definition) is 1. The molecule has 0 spiro atoms. The van der Waals surface area contributed by atoms with E-state index in [0.717, 1.165) is 0 Å². The summed E-state index contributed by atoms with van der Waals surface area (Å²) in [6, 6.07) is 14.5. The molecule has 3 rings (SSSR count). The Morgan fingerprint density at radius 1 is 1.10 bits per heavy atom. The molecule has 2 aromatic carbocycles. The highest BCUT2D eigenvalue weighted by atomic mass is 16.5. The standard InChI is InChI=1S/C16H17N3O/c1-16(2,17)15-18-14(20-19-15)10-12-8-5-7-11-6-3-4-9-13(11)12/h3-9H,10,17H2,1-2H3. The van der Waals surface area contributed by atoms with E-state index in [1.165, 1.54) is 16.3 Å². The van der Waals surface area contributed by atoms with E-state index in [0.29, 0.717) is 18.1 Å². The summed E-state index contributed by atoms with van der Waals surface area (Å²) < 4.78 is 5.30. The first-order valence-electron chi connectivity index (χ1n) is 6.62. The van der Waals surface area contributed by atoms with Gasteiger partial charge in [0.25, 0.3) is 0 Å². The monoisotopic (exact) mass is 267 g/mol. The van der Waals surface area contributed by atoms with Gasteiger partial charge in [-0.3, -0.25) is 0 Å². The topological polar surface area (TPSA) is 64.9 Å². The van der Waals surface area contributed by atoms with Crippen molar-refractivity contribution in [2.24, 2.45) is 5.73 Å². The second-order valence-corrected chi connectivity index (χ2v) is 5.55. The van der Waals surface area contributed by atoms with E-state index in [9.17, 15) is 0 Å². The second kappa shape index (κ2) is 4.72. The third-order valence-corrected chi connectivity index (χ3v) is 3.27. The van der Waals surface area contributed by atoms with E-state index < -0.39 is 5.54 Å². The van der Waals surface area contributed by atoms with Crippen molar-refractivity contribution in [2.75, 3.05) is 0 Å². The van der Waals surface area contributed by atoms with Gasteiger partial charge in [-0.15, -0.1) is 0 Å². The quantitative estimate of drug-likeness (QED) is 0.792. The molecule has 0 aliphatic rings. The SMILES string of the molecule is CC(C)(N)c1noc(Cc2cccc3ccccc23)n1. The molecule has 0 saturated carbocycles. The smallest absolute Gasteiger partial charge is 0.231 e. The molecular weight excluding hydrogens is 250 g/mol. The van der Waals surface area contributed by atoms with Crippen LogP contribution in [0, 0.1) is 0 Å². The number of hydrogen-bond acceptors (Lipinski definition) is 4. The number of fused-ring (bicyclic) bond motifs is 1. The maximum Gasteiger partial charge on any atom is 0.231 e. The van der Waals surface area contributed by atoms with Crippen molar-refractivity contribution in [1.29, 1.82) is 0 Å². The van der Waals surface area contributed by atoms with Gasteiger partial charge in [-0.25, -0.2) is 0 Å². The van der Waals surface area contributed by atoms with Gasteiger partial charge in [-0.05, 0) is 30.2 Å². The minimum Gasteiger partial charge on any atom is -0.339 e. The highest BCUT2D eigenvalue weighted by Gasteiger charge is 2.21. The van der Waals surface area contributed by atoms with Gasteiger partial charge in [0, 0.05) is 0 Å². The Morgan fingerprint density at radius 3 is 2.60 bits per heavy atom. The fourth-order valence-electron chi connectivity index (χ4n) is 2.20. The van der Waals surface area contributed by atoms with Crippen LogP contribution in [0.25, 0.3) is 10.8 Å². The Kier molecular flexibility index (Phi) is 3.03. The summed E-state index contributed by atoms with van der Waals surface area (Å²) in [6.07, 6.45) is 0.616. The normalized spacial score (nSPS) is 11.9. The Bertz CT molecular complexity index is 735. The summed E-state index contributed by atoms with van der Waals surface area (Å²) in [4.78, 5) is 4.38. The molecule has 0 radical (unpaired) electrons. The number of aromatic nitrogens is 2. The van der Waals surface area contributed by atoms with Crippen LogP contribution in [0.5, 0.6) is 0 Å². The molecule has 0 atom stereocenters. The molecular formula is C16H17N3O. The van der Waals surface area contributed by atoms with Gasteiger partial charge in [-0.1, -0.05) is 47.6 Å². The minimum absolute atomic E-state index is 0.535. The van der Waals surface area contributed by atoms with Crippen LogP contribution >= 0.6 is 0 Å². The first-order valence-corrected chi connectivity index (χ1v) is 6.62. The number of nitrogens with zero attached hydrogens (tertiary/aromatic N) is 2. The molecule has 1 aromatic heterocycles. The van der Waals surface area contributed by atoms with Gasteiger partial charge in [0.1, 0.15) is 0 Å². The van der Waals surface area contributed by atoms with E-state index >= 15 is 0 Å². The zero-order chi connectivity index (χ0) is 14.2. The molecule has 3 aromatic rings. The summed E-state index contributed by atoms with van der Waals surface area (Å²) in [5.41, 5.74) is 6.56. The number of benzene rings is 2. The van der Waals surface area contributed by atoms with Gasteiger partial charge in [0.2, 0.25) is 5.89 Å². The van der Waals surface area contributed by atoms with Crippen molar-refractivity contribution < 1.29 is 4.52 Å². The molecule has 4 nitrogen and oxygen atoms in total. The Hall–Kier alpha value is -2.20. The molecule has 102 valence electrons. The van der Waals surface area contributed by atoms with E-state index in [-0.39, 0.29) is 0 Å². The predicted octanol–water partition coefficient (Wildman–Crippen LogP) is 3.01. The first kappa shape index (κ1) is 12.8. The molecule has 0 saturated heterocycles. The van der Waals surface area contributed by atoms with Crippen LogP contribution in [-0.4, -0.2) is 10.1 Å². The molecule has 0 aliphatic heterocycles. The zero-order valence-electron chi connectivity index (χ0n) is 11.6. The summed E-state index contributed by atoms with van der Waals surface area (Å²) in [5, 5.41) is 6.37. The van der Waals surface area contributed by atoms with Crippen LogP contribution in [-0.2, 0) is 12.0 Å². The second-order valence-electron chi connectivity index (χ2n) is 5.55. The van der Waals surface area contributed by atoms with Crippen molar-refractivity contribution in [2.45, 2.75) is 25.8 Å². The molecule has 0 unspecified atom stereocenters. The van der Waals surface area contributed by atoms with Crippen molar-refractivity contribution in [3.8, 4) is 0 Å². The van der Waals surface area contributed by atoms with Crippen molar-refractivity contribution in [1.82, 2.24) is 10.1 Å². The summed E-state index contributed by atoms with van der Waals surface area (Å²) in [6.45, 7) is 3.72. The predicted molar refractivity (Wildman–Crippen MR) is 78.3 cm³/mol. The maximum absolute atomic E-state index is 5.97. The molecule has 0 fully saturated rings. The van der Waals surface area contributed by atoms with Gasteiger partial charge < -0.3 is 10.3 Å². The highest BCUT2D eigenvalue weighted by molar-refractivity contribution is 5.85. The first-order chi connectivity index (χ1) is 9.54. The van der Waals surface area contributed by atoms with Crippen molar-refractivity contribution in [3.63, 3.8) is 0 Å². The lowest BCUT2D eigenvalue weighted by molar-refractivity contribution is 0.365. The van der Waals surface area contributed by atoms with Gasteiger partial charge in [0.05, 0.1) is 12.0 Å². The minimum atomic E-state index is -0.583. The molecule has 20 heavy (non-hydrogen) atoms. The lowest BCUT2D eigenvalue weighted by atomic mass is 10.0. The van der Waals surface area contributed by atoms with Crippen LogP contribution < -0.4 is 5.73 Å². The zero-order valence-corrected chi connectivity index (χ0v) is 11.6. The molecule has 1 heterocycles. The molecule has 0 bridgehead atoms. The highest BCUT2D eigenvalue weighted by Crippen LogP contribution is 2.21. The lowest BCUT2D eigenvalue weighted by Gasteiger charge is -2.11. The fraction of sp³-hybridized carbons (Fsp3) is 0.250. The van der Waals surface area contributed by atoms with Crippen LogP contribution in [0.2, 0.25) is 0 Å². The van der Waals surface area contributed by atoms with Crippen molar-refractivity contribution in [3.05, 3.63) is 59.7 Å². The molecule has 2 N–H and O–H groups in total. The number of rotatable bonds is 3. The van der Waals surface area contributed by atoms with Crippen LogP contribution in [0.15, 0.2) is 47.0 Å². The Balaban J connectivity index is 1.96. The van der Waals surface area contributed by atoms with Crippen LogP contribution in [0.3, 0.4) is 0 Å². The summed E-state index contributed by atoms with van der Waals surface area (Å²) in [7, 11) is 0. The average molecular weight is 267 g/mol. The van der Waals surface area contributed by atoms with E-state index in [1.807, 2.05) is 32.0 Å². The van der Waals surface area contributed by atoms with Gasteiger partial charge in [-0.2, -0.15) is 4.98 Å². The summed E-state index contributed by atoms with van der Waals surface area (Å²) >= 11 is 0. The Labute approximate surface area is 117 Å². The maximum atomic E-state index is 5.97. The Morgan fingerprint density at radius 2 is 1.85 bits per heavy atom. The van der Waals surface area contributed by atoms with Crippen LogP contribution in [0.4, 0.5) is 0 Å².